The van der Waals surface area contributed by atoms with Crippen molar-refractivity contribution < 1.29 is 9.53 Å². The number of rotatable bonds is 7. The summed E-state index contributed by atoms with van der Waals surface area (Å²) in [6.07, 6.45) is 1.79. The zero-order chi connectivity index (χ0) is 18.9. The van der Waals surface area contributed by atoms with Gasteiger partial charge in [0.15, 0.2) is 0 Å². The lowest BCUT2D eigenvalue weighted by atomic mass is 10.2. The van der Waals surface area contributed by atoms with Gasteiger partial charge in [-0.3, -0.25) is 9.79 Å². The molecule has 3 rings (SSSR count). The van der Waals surface area contributed by atoms with E-state index in [1.165, 1.54) is 15.9 Å². The Morgan fingerprint density at radius 1 is 0.889 bits per heavy atom. The van der Waals surface area contributed by atoms with Crippen molar-refractivity contribution in [2.75, 3.05) is 13.2 Å². The number of esters is 1. The second-order valence-corrected chi connectivity index (χ2v) is 8.03. The van der Waals surface area contributed by atoms with Gasteiger partial charge in [-0.2, -0.15) is 0 Å². The molecule has 0 radical (unpaired) electrons. The number of ether oxygens (including phenoxy) is 1. The molecule has 0 amide bonds. The van der Waals surface area contributed by atoms with Crippen LogP contribution >= 0.6 is 7.92 Å². The van der Waals surface area contributed by atoms with Crippen LogP contribution in [0.25, 0.3) is 0 Å². The van der Waals surface area contributed by atoms with Crippen LogP contribution in [0.5, 0.6) is 0 Å². The van der Waals surface area contributed by atoms with E-state index in [2.05, 4.69) is 65.7 Å². The minimum Gasteiger partial charge on any atom is -0.465 e. The van der Waals surface area contributed by atoms with E-state index in [0.29, 0.717) is 6.61 Å². The number of aliphatic imine (C=N–C) groups is 1. The Labute approximate surface area is 161 Å². The van der Waals surface area contributed by atoms with Crippen molar-refractivity contribution in [1.82, 2.24) is 0 Å². The largest absolute Gasteiger partial charge is 0.465 e. The molecule has 0 heterocycles. The summed E-state index contributed by atoms with van der Waals surface area (Å²) < 4.78 is 4.95. The van der Waals surface area contributed by atoms with Crippen LogP contribution in [0.3, 0.4) is 0 Å². The molecule has 0 saturated carbocycles. The Morgan fingerprint density at radius 3 is 2.04 bits per heavy atom. The summed E-state index contributed by atoms with van der Waals surface area (Å²) >= 11 is 0. The predicted molar refractivity (Wildman–Crippen MR) is 114 cm³/mol. The van der Waals surface area contributed by atoms with Gasteiger partial charge in [0, 0.05) is 11.8 Å². The number of carbonyl (C=O) groups is 1. The van der Waals surface area contributed by atoms with Gasteiger partial charge in [-0.15, -0.1) is 0 Å². The van der Waals surface area contributed by atoms with Crippen LogP contribution in [0, 0.1) is 0 Å². The lowest BCUT2D eigenvalue weighted by molar-refractivity contribution is -0.141. The molecule has 3 nitrogen and oxygen atoms in total. The number of hydrogen-bond donors (Lipinski definition) is 0. The molecule has 0 spiro atoms. The van der Waals surface area contributed by atoms with Gasteiger partial charge in [-0.1, -0.05) is 84.9 Å². The molecule has 0 saturated heterocycles. The average Bonchev–Trinajstić information content (AvgIpc) is 2.71. The Bertz CT molecular complexity index is 855. The van der Waals surface area contributed by atoms with Crippen molar-refractivity contribution in [3.63, 3.8) is 0 Å². The van der Waals surface area contributed by atoms with E-state index in [1.54, 1.807) is 13.1 Å². The van der Waals surface area contributed by atoms with Crippen LogP contribution < -0.4 is 15.9 Å². The van der Waals surface area contributed by atoms with Gasteiger partial charge >= 0.3 is 5.97 Å². The van der Waals surface area contributed by atoms with Gasteiger partial charge in [0.05, 0.1) is 6.61 Å². The minimum absolute atomic E-state index is 0.0385. The fourth-order valence-corrected chi connectivity index (χ4v) is 5.23. The highest BCUT2D eigenvalue weighted by Crippen LogP contribution is 2.33. The van der Waals surface area contributed by atoms with E-state index in [-0.39, 0.29) is 12.5 Å². The van der Waals surface area contributed by atoms with Crippen LogP contribution in [0.1, 0.15) is 12.5 Å². The molecule has 0 aromatic heterocycles. The molecule has 136 valence electrons. The quantitative estimate of drug-likeness (QED) is 0.361. The molecule has 0 aliphatic rings. The van der Waals surface area contributed by atoms with E-state index >= 15 is 0 Å². The molecular formula is C23H22NO2P. The molecule has 0 unspecified atom stereocenters. The zero-order valence-corrected chi connectivity index (χ0v) is 16.2. The van der Waals surface area contributed by atoms with E-state index < -0.39 is 7.92 Å². The van der Waals surface area contributed by atoms with Gasteiger partial charge in [-0.05, 0) is 30.8 Å². The molecule has 0 atom stereocenters. The first kappa shape index (κ1) is 19.0. The first-order valence-corrected chi connectivity index (χ1v) is 10.3. The summed E-state index contributed by atoms with van der Waals surface area (Å²) in [6, 6.07) is 29.3. The number of benzene rings is 3. The molecule has 0 N–H and O–H groups in total. The molecule has 4 heteroatoms. The van der Waals surface area contributed by atoms with Gasteiger partial charge in [0.1, 0.15) is 6.54 Å². The molecule has 3 aromatic carbocycles. The maximum atomic E-state index is 11.6. The maximum Gasteiger partial charge on any atom is 0.327 e. The summed E-state index contributed by atoms with van der Waals surface area (Å²) in [5, 5.41) is 3.78. The fourth-order valence-electron chi connectivity index (χ4n) is 2.81. The second kappa shape index (κ2) is 9.80. The highest BCUT2D eigenvalue weighted by molar-refractivity contribution is 7.80. The van der Waals surface area contributed by atoms with Crippen molar-refractivity contribution in [3.05, 3.63) is 90.5 Å². The monoisotopic (exact) mass is 375 g/mol. The lowest BCUT2D eigenvalue weighted by Gasteiger charge is -2.21. The van der Waals surface area contributed by atoms with Crippen molar-refractivity contribution in [3.8, 4) is 0 Å². The average molecular weight is 375 g/mol. The number of nitrogens with zero attached hydrogens (tertiary/aromatic N) is 1. The summed E-state index contributed by atoms with van der Waals surface area (Å²) in [4.78, 5) is 15.9. The van der Waals surface area contributed by atoms with Crippen LogP contribution in [-0.2, 0) is 9.53 Å². The topological polar surface area (TPSA) is 38.7 Å². The number of hydrogen-bond acceptors (Lipinski definition) is 3. The Hall–Kier alpha value is -2.77. The Kier molecular flexibility index (Phi) is 6.90. The minimum atomic E-state index is -0.713. The van der Waals surface area contributed by atoms with Crippen LogP contribution in [0.2, 0.25) is 0 Å². The zero-order valence-electron chi connectivity index (χ0n) is 15.3. The molecule has 27 heavy (non-hydrogen) atoms. The lowest BCUT2D eigenvalue weighted by Crippen LogP contribution is -2.23. The highest BCUT2D eigenvalue weighted by Gasteiger charge is 2.18. The van der Waals surface area contributed by atoms with Gasteiger partial charge in [-0.25, -0.2) is 0 Å². The first-order valence-electron chi connectivity index (χ1n) is 8.94. The van der Waals surface area contributed by atoms with E-state index in [9.17, 15) is 4.79 Å². The molecule has 0 aliphatic carbocycles. The Balaban J connectivity index is 1.98. The summed E-state index contributed by atoms with van der Waals surface area (Å²) in [7, 11) is -0.713. The second-order valence-electron chi connectivity index (χ2n) is 5.84. The number of carbonyl (C=O) groups excluding carboxylic acids is 1. The standard InChI is InChI=1S/C23H22NO2P/c1-2-26-23(25)18-24-17-19-11-9-10-16-22(19)27(20-12-5-3-6-13-20)21-14-7-4-8-15-21/h3-17H,2,18H2,1H3. The summed E-state index contributed by atoms with van der Waals surface area (Å²) in [6.45, 7) is 2.21. The highest BCUT2D eigenvalue weighted by atomic mass is 31.1. The van der Waals surface area contributed by atoms with Gasteiger partial charge in [0.2, 0.25) is 0 Å². The summed E-state index contributed by atoms with van der Waals surface area (Å²) in [5.41, 5.74) is 1.03. The van der Waals surface area contributed by atoms with E-state index in [0.717, 1.165) is 5.56 Å². The summed E-state index contributed by atoms with van der Waals surface area (Å²) in [5.74, 6) is -0.306. The van der Waals surface area contributed by atoms with Crippen molar-refractivity contribution in [1.29, 1.82) is 0 Å². The Morgan fingerprint density at radius 2 is 1.44 bits per heavy atom. The van der Waals surface area contributed by atoms with Gasteiger partial charge in [0.25, 0.3) is 0 Å². The molecule has 0 fully saturated rings. The van der Waals surface area contributed by atoms with E-state index in [1.807, 2.05) is 24.3 Å². The van der Waals surface area contributed by atoms with Crippen LogP contribution in [0.15, 0.2) is 89.9 Å². The molecule has 0 bridgehead atoms. The molecule has 3 aromatic rings. The maximum absolute atomic E-state index is 11.6. The van der Waals surface area contributed by atoms with E-state index in [4.69, 9.17) is 4.74 Å². The molecular weight excluding hydrogens is 353 g/mol. The fraction of sp³-hybridized carbons (Fsp3) is 0.130. The SMILES string of the molecule is CCOC(=O)CN=Cc1ccccc1P(c1ccccc1)c1ccccc1. The smallest absolute Gasteiger partial charge is 0.327 e. The third kappa shape index (κ3) is 5.12. The van der Waals surface area contributed by atoms with Gasteiger partial charge < -0.3 is 4.74 Å². The van der Waals surface area contributed by atoms with Crippen molar-refractivity contribution >= 4 is 36.0 Å². The molecule has 0 aliphatic heterocycles. The third-order valence-corrected chi connectivity index (χ3v) is 6.48. The predicted octanol–water partition coefficient (Wildman–Crippen LogP) is 3.43. The third-order valence-electron chi connectivity index (χ3n) is 3.96. The van der Waals surface area contributed by atoms with Crippen molar-refractivity contribution in [2.24, 2.45) is 4.99 Å². The normalized spacial score (nSPS) is 11.0. The first-order chi connectivity index (χ1) is 13.3. The van der Waals surface area contributed by atoms with Crippen LogP contribution in [0.4, 0.5) is 0 Å². The van der Waals surface area contributed by atoms with Crippen molar-refractivity contribution in [2.45, 2.75) is 6.92 Å². The van der Waals surface area contributed by atoms with Crippen LogP contribution in [-0.4, -0.2) is 25.3 Å².